The quantitative estimate of drug-likeness (QED) is 0.524. The Morgan fingerprint density at radius 1 is 1.10 bits per heavy atom. The predicted molar refractivity (Wildman–Crippen MR) is 118 cm³/mol. The molecule has 6 heteroatoms. The first-order valence-corrected chi connectivity index (χ1v) is 10.8. The number of carbonyl (C=O) groups is 3. The van der Waals surface area contributed by atoms with E-state index in [1.807, 2.05) is 55.5 Å². The fraction of sp³-hybridized carbons (Fsp3) is 0.400. The van der Waals surface area contributed by atoms with Crippen LogP contribution in [0, 0.1) is 6.92 Å². The van der Waals surface area contributed by atoms with Crippen molar-refractivity contribution < 1.29 is 19.1 Å². The minimum Gasteiger partial charge on any atom is -0.464 e. The lowest BCUT2D eigenvalue weighted by Gasteiger charge is -2.36. The summed E-state index contributed by atoms with van der Waals surface area (Å²) in [5, 5.41) is 2.79. The monoisotopic (exact) mass is 422 g/mol. The first kappa shape index (κ1) is 22.5. The third kappa shape index (κ3) is 6.41. The number of nitrogens with one attached hydrogen (secondary N) is 1. The van der Waals surface area contributed by atoms with E-state index >= 15 is 0 Å². The molecule has 2 amide bonds. The third-order valence-electron chi connectivity index (χ3n) is 5.63. The van der Waals surface area contributed by atoms with Crippen molar-refractivity contribution in [1.29, 1.82) is 0 Å². The van der Waals surface area contributed by atoms with Gasteiger partial charge in [-0.3, -0.25) is 14.4 Å². The van der Waals surface area contributed by atoms with Gasteiger partial charge in [-0.1, -0.05) is 54.1 Å². The molecule has 0 aliphatic carbocycles. The maximum absolute atomic E-state index is 12.4. The number of hydrogen-bond donors (Lipinski definition) is 1. The van der Waals surface area contributed by atoms with Crippen molar-refractivity contribution in [2.24, 2.45) is 0 Å². The topological polar surface area (TPSA) is 75.7 Å². The molecule has 2 aromatic carbocycles. The maximum Gasteiger partial charge on any atom is 0.308 e. The smallest absolute Gasteiger partial charge is 0.308 e. The van der Waals surface area contributed by atoms with E-state index in [1.54, 1.807) is 4.90 Å². The van der Waals surface area contributed by atoms with Gasteiger partial charge in [0, 0.05) is 19.9 Å². The second-order valence-corrected chi connectivity index (χ2v) is 7.94. The average molecular weight is 423 g/mol. The Labute approximate surface area is 183 Å². The van der Waals surface area contributed by atoms with E-state index in [4.69, 9.17) is 4.74 Å². The molecule has 1 atom stereocenters. The Bertz CT molecular complexity index is 923. The molecule has 31 heavy (non-hydrogen) atoms. The summed E-state index contributed by atoms with van der Waals surface area (Å²) in [4.78, 5) is 38.2. The molecule has 0 saturated carbocycles. The number of rotatable bonds is 8. The lowest BCUT2D eigenvalue weighted by molar-refractivity contribution is -0.146. The van der Waals surface area contributed by atoms with Crippen LogP contribution in [0.25, 0.3) is 0 Å². The summed E-state index contributed by atoms with van der Waals surface area (Å²) >= 11 is 0. The lowest BCUT2D eigenvalue weighted by atomic mass is 9.90. The number of ether oxygens (including phenoxy) is 1. The van der Waals surface area contributed by atoms with Crippen molar-refractivity contribution in [3.63, 3.8) is 0 Å². The van der Waals surface area contributed by atoms with Gasteiger partial charge in [-0.15, -0.1) is 0 Å². The second-order valence-electron chi connectivity index (χ2n) is 7.94. The van der Waals surface area contributed by atoms with Crippen molar-refractivity contribution in [2.45, 2.75) is 45.6 Å². The molecule has 0 aromatic heterocycles. The number of aryl methyl sites for hydroxylation is 2. The molecular formula is C25H30N2O4. The molecule has 0 bridgehead atoms. The van der Waals surface area contributed by atoms with Gasteiger partial charge in [0.15, 0.2) is 0 Å². The van der Waals surface area contributed by atoms with Crippen LogP contribution in [0.15, 0.2) is 48.5 Å². The van der Waals surface area contributed by atoms with Crippen molar-refractivity contribution in [3.05, 3.63) is 70.8 Å². The van der Waals surface area contributed by atoms with E-state index in [9.17, 15) is 14.4 Å². The van der Waals surface area contributed by atoms with E-state index in [1.165, 1.54) is 18.1 Å². The van der Waals surface area contributed by atoms with Gasteiger partial charge in [0.1, 0.15) is 6.61 Å². The molecule has 3 rings (SSSR count). The first-order valence-electron chi connectivity index (χ1n) is 10.8. The number of esters is 1. The normalized spacial score (nSPS) is 15.2. The van der Waals surface area contributed by atoms with Crippen molar-refractivity contribution in [3.8, 4) is 0 Å². The van der Waals surface area contributed by atoms with E-state index in [0.29, 0.717) is 19.4 Å². The Kier molecular flexibility index (Phi) is 7.82. The van der Waals surface area contributed by atoms with Crippen LogP contribution in [0.5, 0.6) is 0 Å². The molecule has 1 aliphatic rings. The fourth-order valence-electron chi connectivity index (χ4n) is 3.92. The number of amides is 2. The van der Waals surface area contributed by atoms with Crippen LogP contribution >= 0.6 is 0 Å². The molecule has 1 unspecified atom stereocenters. The Morgan fingerprint density at radius 2 is 1.84 bits per heavy atom. The van der Waals surface area contributed by atoms with Gasteiger partial charge in [-0.25, -0.2) is 0 Å². The zero-order chi connectivity index (χ0) is 22.2. The molecule has 0 saturated heterocycles. The fourth-order valence-corrected chi connectivity index (χ4v) is 3.92. The van der Waals surface area contributed by atoms with Crippen molar-refractivity contribution >= 4 is 17.8 Å². The highest BCUT2D eigenvalue weighted by Gasteiger charge is 2.31. The van der Waals surface area contributed by atoms with E-state index in [-0.39, 0.29) is 43.4 Å². The Morgan fingerprint density at radius 3 is 2.58 bits per heavy atom. The van der Waals surface area contributed by atoms with Gasteiger partial charge in [0.2, 0.25) is 11.8 Å². The largest absolute Gasteiger partial charge is 0.464 e. The average Bonchev–Trinajstić information content (AvgIpc) is 2.76. The molecule has 0 radical (unpaired) electrons. The Hall–Kier alpha value is -3.15. The standard InChI is InChI=1S/C25H30N2O4/c1-18-7-9-20(10-8-18)11-12-24(29)26-14-16-31-25(30)17-23-22-6-4-3-5-21(22)13-15-27(23)19(2)28/h3-10,23H,11-17H2,1-2H3,(H,26,29). The summed E-state index contributed by atoms with van der Waals surface area (Å²) in [6.45, 7) is 4.54. The summed E-state index contributed by atoms with van der Waals surface area (Å²) < 4.78 is 5.32. The SMILES string of the molecule is CC(=O)N1CCc2ccccc2C1CC(=O)OCCNC(=O)CCc1ccc(C)cc1. The highest BCUT2D eigenvalue weighted by Crippen LogP contribution is 2.32. The molecule has 6 nitrogen and oxygen atoms in total. The molecule has 164 valence electrons. The lowest BCUT2D eigenvalue weighted by Crippen LogP contribution is -2.40. The highest BCUT2D eigenvalue weighted by molar-refractivity contribution is 5.77. The molecule has 2 aromatic rings. The number of fused-ring (bicyclic) bond motifs is 1. The second kappa shape index (κ2) is 10.8. The van der Waals surface area contributed by atoms with E-state index in [0.717, 1.165) is 17.5 Å². The van der Waals surface area contributed by atoms with Gasteiger partial charge in [0.25, 0.3) is 0 Å². The minimum atomic E-state index is -0.373. The van der Waals surface area contributed by atoms with E-state index in [2.05, 4.69) is 5.32 Å². The van der Waals surface area contributed by atoms with Crippen molar-refractivity contribution in [2.75, 3.05) is 19.7 Å². The highest BCUT2D eigenvalue weighted by atomic mass is 16.5. The maximum atomic E-state index is 12.4. The number of hydrogen-bond acceptors (Lipinski definition) is 4. The summed E-state index contributed by atoms with van der Waals surface area (Å²) in [6, 6.07) is 15.7. The molecule has 1 heterocycles. The predicted octanol–water partition coefficient (Wildman–Crippen LogP) is 3.12. The Balaban J connectivity index is 1.41. The van der Waals surface area contributed by atoms with Gasteiger partial charge in [-0.2, -0.15) is 0 Å². The molecule has 0 fully saturated rings. The molecule has 1 N–H and O–H groups in total. The molecular weight excluding hydrogens is 392 g/mol. The van der Waals surface area contributed by atoms with Crippen LogP contribution in [0.2, 0.25) is 0 Å². The van der Waals surface area contributed by atoms with Crippen LogP contribution in [0.4, 0.5) is 0 Å². The summed E-state index contributed by atoms with van der Waals surface area (Å²) in [7, 11) is 0. The van der Waals surface area contributed by atoms with Gasteiger partial charge in [0.05, 0.1) is 19.0 Å². The number of carbonyl (C=O) groups excluding carboxylic acids is 3. The van der Waals surface area contributed by atoms with Crippen LogP contribution < -0.4 is 5.32 Å². The van der Waals surface area contributed by atoms with Crippen LogP contribution in [0.3, 0.4) is 0 Å². The van der Waals surface area contributed by atoms with Crippen LogP contribution in [-0.4, -0.2) is 42.4 Å². The van der Waals surface area contributed by atoms with Gasteiger partial charge in [-0.05, 0) is 36.5 Å². The van der Waals surface area contributed by atoms with E-state index < -0.39 is 0 Å². The summed E-state index contributed by atoms with van der Waals surface area (Å²) in [5.41, 5.74) is 4.48. The number of nitrogens with zero attached hydrogens (tertiary/aromatic N) is 1. The number of benzene rings is 2. The van der Waals surface area contributed by atoms with Gasteiger partial charge >= 0.3 is 5.97 Å². The van der Waals surface area contributed by atoms with Crippen molar-refractivity contribution in [1.82, 2.24) is 10.2 Å². The molecule has 1 aliphatic heterocycles. The first-order chi connectivity index (χ1) is 14.9. The zero-order valence-electron chi connectivity index (χ0n) is 18.2. The van der Waals surface area contributed by atoms with Gasteiger partial charge < -0.3 is 15.0 Å². The third-order valence-corrected chi connectivity index (χ3v) is 5.63. The van der Waals surface area contributed by atoms with Crippen LogP contribution in [-0.2, 0) is 32.0 Å². The summed E-state index contributed by atoms with van der Waals surface area (Å²) in [6.07, 6.45) is 1.96. The minimum absolute atomic E-state index is 0.0480. The zero-order valence-corrected chi connectivity index (χ0v) is 18.2. The molecule has 0 spiro atoms. The van der Waals surface area contributed by atoms with Crippen LogP contribution in [0.1, 0.15) is 48.1 Å². The summed E-state index contributed by atoms with van der Waals surface area (Å²) in [5.74, 6) is -0.490.